The molecule has 1 rings (SSSR count). The van der Waals surface area contributed by atoms with Crippen molar-refractivity contribution in [1.29, 1.82) is 0 Å². The van der Waals surface area contributed by atoms with Crippen molar-refractivity contribution in [3.05, 3.63) is 17.0 Å². The molecule has 1 aromatic heterocycles. The molecule has 0 aliphatic rings. The van der Waals surface area contributed by atoms with Crippen molar-refractivity contribution in [2.45, 2.75) is 26.5 Å². The number of primary amides is 1. The maximum absolute atomic E-state index is 11.0. The second-order valence-corrected chi connectivity index (χ2v) is 4.17. The van der Waals surface area contributed by atoms with E-state index >= 15 is 0 Å². The highest BCUT2D eigenvalue weighted by atomic mass is 35.5. The summed E-state index contributed by atoms with van der Waals surface area (Å²) >= 11 is 5.86. The highest BCUT2D eigenvalue weighted by Crippen LogP contribution is 2.24. The zero-order chi connectivity index (χ0) is 13.0. The quantitative estimate of drug-likeness (QED) is 0.742. The van der Waals surface area contributed by atoms with Crippen LogP contribution >= 0.6 is 11.6 Å². The maximum atomic E-state index is 11.0. The molecule has 1 heterocycles. The van der Waals surface area contributed by atoms with E-state index in [0.717, 1.165) is 0 Å². The number of aliphatic hydroxyl groups excluding tert-OH is 1. The lowest BCUT2D eigenvalue weighted by Gasteiger charge is -2.28. The van der Waals surface area contributed by atoms with Gasteiger partial charge < -0.3 is 15.7 Å². The lowest BCUT2D eigenvalue weighted by atomic mass is 10.2. The maximum Gasteiger partial charge on any atom is 0.237 e. The number of hydrogen-bond acceptors (Lipinski definition) is 5. The third-order valence-corrected chi connectivity index (χ3v) is 2.58. The molecule has 0 bridgehead atoms. The molecule has 94 valence electrons. The van der Waals surface area contributed by atoms with E-state index < -0.39 is 5.91 Å². The molecular formula is C10H15ClN4O2. The van der Waals surface area contributed by atoms with Crippen molar-refractivity contribution in [1.82, 2.24) is 9.97 Å². The Morgan fingerprint density at radius 2 is 2.24 bits per heavy atom. The van der Waals surface area contributed by atoms with Crippen LogP contribution in [-0.2, 0) is 11.4 Å². The normalized spacial score (nSPS) is 10.6. The lowest BCUT2D eigenvalue weighted by molar-refractivity contribution is -0.116. The molecule has 6 nitrogen and oxygen atoms in total. The zero-order valence-electron chi connectivity index (χ0n) is 9.72. The number of nitrogens with zero attached hydrogens (tertiary/aromatic N) is 3. The summed E-state index contributed by atoms with van der Waals surface area (Å²) in [4.78, 5) is 20.5. The van der Waals surface area contributed by atoms with Gasteiger partial charge in [-0.2, -0.15) is 0 Å². The van der Waals surface area contributed by atoms with Crippen molar-refractivity contribution >= 4 is 23.3 Å². The van der Waals surface area contributed by atoms with Gasteiger partial charge in [0.05, 0.1) is 18.7 Å². The van der Waals surface area contributed by atoms with E-state index in [2.05, 4.69) is 9.97 Å². The Morgan fingerprint density at radius 3 is 2.71 bits per heavy atom. The number of anilines is 1. The van der Waals surface area contributed by atoms with Crippen LogP contribution in [0.3, 0.4) is 0 Å². The van der Waals surface area contributed by atoms with Gasteiger partial charge in [0, 0.05) is 6.04 Å². The van der Waals surface area contributed by atoms with Crippen LogP contribution in [0.4, 0.5) is 5.82 Å². The minimum absolute atomic E-state index is 0.00114. The zero-order valence-corrected chi connectivity index (χ0v) is 10.5. The predicted molar refractivity (Wildman–Crippen MR) is 64.6 cm³/mol. The number of hydrogen-bond donors (Lipinski definition) is 2. The van der Waals surface area contributed by atoms with Gasteiger partial charge in [-0.05, 0) is 13.8 Å². The molecule has 0 fully saturated rings. The van der Waals surface area contributed by atoms with Gasteiger partial charge in [-0.1, -0.05) is 11.6 Å². The molecule has 0 unspecified atom stereocenters. The number of rotatable bonds is 5. The third-order valence-electron chi connectivity index (χ3n) is 2.25. The second-order valence-electron chi connectivity index (χ2n) is 3.81. The molecule has 0 spiro atoms. The smallest absolute Gasteiger partial charge is 0.237 e. The molecule has 0 aliphatic carbocycles. The van der Waals surface area contributed by atoms with E-state index in [4.69, 9.17) is 17.3 Å². The molecule has 1 amide bonds. The molecule has 0 radical (unpaired) electrons. The van der Waals surface area contributed by atoms with Crippen LogP contribution in [-0.4, -0.2) is 33.6 Å². The molecule has 3 N–H and O–H groups in total. The summed E-state index contributed by atoms with van der Waals surface area (Å²) in [5.41, 5.74) is 5.57. The number of carbonyl (C=O) groups is 1. The molecule has 0 atom stereocenters. The van der Waals surface area contributed by atoms with Crippen molar-refractivity contribution in [2.75, 3.05) is 11.4 Å². The van der Waals surface area contributed by atoms with Crippen LogP contribution in [0.25, 0.3) is 0 Å². The van der Waals surface area contributed by atoms with Gasteiger partial charge in [0.2, 0.25) is 5.91 Å². The fraction of sp³-hybridized carbons (Fsp3) is 0.500. The second kappa shape index (κ2) is 5.79. The van der Waals surface area contributed by atoms with Crippen LogP contribution in [0.1, 0.15) is 19.4 Å². The third kappa shape index (κ3) is 3.28. The molecule has 1 aromatic rings. The minimum atomic E-state index is -0.475. The molecule has 0 saturated heterocycles. The van der Waals surface area contributed by atoms with Crippen LogP contribution in [0.2, 0.25) is 5.15 Å². The van der Waals surface area contributed by atoms with Crippen molar-refractivity contribution in [2.24, 2.45) is 5.73 Å². The SMILES string of the molecule is CC(C)N(CC(N)=O)c1ncnc(Cl)c1CO. The standard InChI is InChI=1S/C10H15ClN4O2/c1-6(2)15(3-8(12)17)10-7(4-16)9(11)13-5-14-10/h5-6,16H,3-4H2,1-2H3,(H2,12,17). The lowest BCUT2D eigenvalue weighted by Crippen LogP contribution is -2.39. The number of amides is 1. The molecule has 7 heteroatoms. The molecule has 17 heavy (non-hydrogen) atoms. The minimum Gasteiger partial charge on any atom is -0.391 e. The number of carbonyl (C=O) groups excluding carboxylic acids is 1. The van der Waals surface area contributed by atoms with Crippen LogP contribution in [0.15, 0.2) is 6.33 Å². The fourth-order valence-corrected chi connectivity index (χ4v) is 1.62. The predicted octanol–water partition coefficient (Wildman–Crippen LogP) is 0.322. The number of aliphatic hydroxyl groups is 1. The highest BCUT2D eigenvalue weighted by Gasteiger charge is 2.19. The summed E-state index contributed by atoms with van der Waals surface area (Å²) in [7, 11) is 0. The first kappa shape index (κ1) is 13.7. The van der Waals surface area contributed by atoms with Crippen LogP contribution in [0.5, 0.6) is 0 Å². The van der Waals surface area contributed by atoms with Crippen LogP contribution in [0, 0.1) is 0 Å². The van der Waals surface area contributed by atoms with Crippen molar-refractivity contribution in [3.8, 4) is 0 Å². The molecule has 0 aliphatic heterocycles. The summed E-state index contributed by atoms with van der Waals surface area (Å²) in [6, 6.07) is -0.00114. The number of nitrogens with two attached hydrogens (primary N) is 1. The Labute approximate surface area is 104 Å². The van der Waals surface area contributed by atoms with Gasteiger partial charge in [0.15, 0.2) is 0 Å². The van der Waals surface area contributed by atoms with Gasteiger partial charge >= 0.3 is 0 Å². The van der Waals surface area contributed by atoms with Gasteiger partial charge in [-0.15, -0.1) is 0 Å². The number of aromatic nitrogens is 2. The summed E-state index contributed by atoms with van der Waals surface area (Å²) in [6.45, 7) is 3.50. The topological polar surface area (TPSA) is 92.3 Å². The van der Waals surface area contributed by atoms with E-state index in [1.807, 2.05) is 13.8 Å². The summed E-state index contributed by atoms with van der Waals surface area (Å²) in [6.07, 6.45) is 1.28. The monoisotopic (exact) mass is 258 g/mol. The van der Waals surface area contributed by atoms with Gasteiger partial charge in [-0.3, -0.25) is 4.79 Å². The fourth-order valence-electron chi connectivity index (χ4n) is 1.44. The Bertz CT molecular complexity index is 411. The van der Waals surface area contributed by atoms with E-state index in [0.29, 0.717) is 11.4 Å². The van der Waals surface area contributed by atoms with E-state index in [1.54, 1.807) is 4.90 Å². The number of halogens is 1. The van der Waals surface area contributed by atoms with Crippen molar-refractivity contribution in [3.63, 3.8) is 0 Å². The Kier molecular flexibility index (Phi) is 4.65. The summed E-state index contributed by atoms with van der Waals surface area (Å²) in [5, 5.41) is 9.43. The Balaban J connectivity index is 3.18. The Morgan fingerprint density at radius 1 is 1.59 bits per heavy atom. The van der Waals surface area contributed by atoms with Crippen LogP contribution < -0.4 is 10.6 Å². The first-order valence-electron chi connectivity index (χ1n) is 5.12. The first-order valence-corrected chi connectivity index (χ1v) is 5.50. The molecule has 0 aromatic carbocycles. The van der Waals surface area contributed by atoms with E-state index in [-0.39, 0.29) is 24.3 Å². The first-order chi connectivity index (χ1) is 7.97. The van der Waals surface area contributed by atoms with E-state index in [9.17, 15) is 9.90 Å². The molecule has 0 saturated carbocycles. The summed E-state index contributed by atoms with van der Waals surface area (Å²) in [5.74, 6) is -0.0429. The van der Waals surface area contributed by atoms with E-state index in [1.165, 1.54) is 6.33 Å². The average molecular weight is 259 g/mol. The largest absolute Gasteiger partial charge is 0.391 e. The highest BCUT2D eigenvalue weighted by molar-refractivity contribution is 6.30. The van der Waals surface area contributed by atoms with Gasteiger partial charge in [0.25, 0.3) is 0 Å². The van der Waals surface area contributed by atoms with Crippen molar-refractivity contribution < 1.29 is 9.90 Å². The van der Waals surface area contributed by atoms with Gasteiger partial charge in [-0.25, -0.2) is 9.97 Å². The summed E-state index contributed by atoms with van der Waals surface area (Å²) < 4.78 is 0. The molecular weight excluding hydrogens is 244 g/mol. The Hall–Kier alpha value is -1.40. The average Bonchev–Trinajstić information content (AvgIpc) is 2.25. The van der Waals surface area contributed by atoms with Gasteiger partial charge in [0.1, 0.15) is 17.3 Å².